The van der Waals surface area contributed by atoms with Gasteiger partial charge in [-0.2, -0.15) is 5.10 Å². The van der Waals surface area contributed by atoms with Crippen LogP contribution in [0.3, 0.4) is 0 Å². The Morgan fingerprint density at radius 1 is 1.29 bits per heavy atom. The summed E-state index contributed by atoms with van der Waals surface area (Å²) >= 11 is 0. The lowest BCUT2D eigenvalue weighted by molar-refractivity contribution is 0.0523. The van der Waals surface area contributed by atoms with Crippen LogP contribution in [0.2, 0.25) is 0 Å². The van der Waals surface area contributed by atoms with Crippen LogP contribution in [-0.4, -0.2) is 34.1 Å². The Kier molecular flexibility index (Phi) is 5.86. The lowest BCUT2D eigenvalue weighted by Gasteiger charge is -2.27. The Morgan fingerprint density at radius 2 is 2.00 bits per heavy atom. The maximum atomic E-state index is 13.6. The second-order valence-electron chi connectivity index (χ2n) is 8.04. The zero-order chi connectivity index (χ0) is 20.3. The van der Waals surface area contributed by atoms with Crippen LogP contribution in [-0.2, 0) is 17.8 Å². The van der Waals surface area contributed by atoms with Crippen molar-refractivity contribution in [1.29, 1.82) is 0 Å². The monoisotopic (exact) mass is 392 g/mol. The summed E-state index contributed by atoms with van der Waals surface area (Å²) in [4.78, 5) is 13.8. The predicted octanol–water partition coefficient (Wildman–Crippen LogP) is 3.86. The van der Waals surface area contributed by atoms with E-state index in [1.54, 1.807) is 10.9 Å². The Morgan fingerprint density at radius 3 is 2.68 bits per heavy atom. The molecule has 1 aliphatic heterocycles. The molecule has 0 spiro atoms. The van der Waals surface area contributed by atoms with Gasteiger partial charge in [-0.05, 0) is 45.7 Å². The fraction of sp³-hybridized carbons (Fsp3) is 0.500. The molecule has 2 heterocycles. The number of carbonyl (C=O) groups is 1. The fourth-order valence-electron chi connectivity index (χ4n) is 3.37. The highest BCUT2D eigenvalue weighted by atomic mass is 19.1. The summed E-state index contributed by atoms with van der Waals surface area (Å²) in [6.45, 7) is 7.10. The number of rotatable bonds is 5. The molecule has 6 nitrogen and oxygen atoms in total. The second kappa shape index (κ2) is 8.16. The first-order chi connectivity index (χ1) is 13.2. The number of aromatic nitrogens is 2. The van der Waals surface area contributed by atoms with Crippen LogP contribution in [0.4, 0.5) is 19.3 Å². The Balaban J connectivity index is 1.59. The largest absolute Gasteiger partial charge is 0.444 e. The number of carbonyl (C=O) groups excluding carboxylic acids is 1. The molecule has 1 N–H and O–H groups in total. The minimum atomic E-state index is -0.574. The van der Waals surface area contributed by atoms with Crippen LogP contribution < -0.4 is 10.2 Å². The number of amides is 1. The minimum Gasteiger partial charge on any atom is -0.444 e. The molecule has 3 rings (SSSR count). The summed E-state index contributed by atoms with van der Waals surface area (Å²) in [5.74, 6) is -1.15. The Hall–Kier alpha value is -2.64. The van der Waals surface area contributed by atoms with Crippen LogP contribution in [0.1, 0.15) is 39.2 Å². The summed E-state index contributed by atoms with van der Waals surface area (Å²) in [6.07, 6.45) is 4.95. The Bertz CT molecular complexity index is 812. The minimum absolute atomic E-state index is 0.104. The molecule has 28 heavy (non-hydrogen) atoms. The van der Waals surface area contributed by atoms with E-state index in [-0.39, 0.29) is 6.04 Å². The lowest BCUT2D eigenvalue weighted by Crippen LogP contribution is -2.33. The highest BCUT2D eigenvalue weighted by molar-refractivity contribution is 5.67. The van der Waals surface area contributed by atoms with Gasteiger partial charge in [0.15, 0.2) is 0 Å². The van der Waals surface area contributed by atoms with Gasteiger partial charge in [0.1, 0.15) is 17.2 Å². The van der Waals surface area contributed by atoms with Crippen molar-refractivity contribution >= 4 is 11.8 Å². The van der Waals surface area contributed by atoms with Gasteiger partial charge in [-0.3, -0.25) is 4.68 Å². The van der Waals surface area contributed by atoms with Crippen molar-refractivity contribution in [1.82, 2.24) is 15.1 Å². The predicted molar refractivity (Wildman–Crippen MR) is 102 cm³/mol. The van der Waals surface area contributed by atoms with Crippen molar-refractivity contribution in [3.63, 3.8) is 0 Å². The Labute approximate surface area is 163 Å². The molecule has 1 amide bonds. The quantitative estimate of drug-likeness (QED) is 0.840. The average molecular weight is 392 g/mol. The van der Waals surface area contributed by atoms with Gasteiger partial charge >= 0.3 is 6.09 Å². The number of ether oxygens (including phenoxy) is 1. The molecule has 1 fully saturated rings. The maximum Gasteiger partial charge on any atom is 0.407 e. The van der Waals surface area contributed by atoms with Gasteiger partial charge in [0.25, 0.3) is 0 Å². The highest BCUT2D eigenvalue weighted by Crippen LogP contribution is 2.27. The van der Waals surface area contributed by atoms with Crippen molar-refractivity contribution in [2.24, 2.45) is 0 Å². The third-order valence-electron chi connectivity index (χ3n) is 4.48. The van der Waals surface area contributed by atoms with Gasteiger partial charge in [-0.15, -0.1) is 0 Å². The number of hydrogen-bond acceptors (Lipinski definition) is 4. The highest BCUT2D eigenvalue weighted by Gasteiger charge is 2.26. The van der Waals surface area contributed by atoms with E-state index < -0.39 is 23.3 Å². The average Bonchev–Trinajstić information content (AvgIpc) is 3.20. The number of halogens is 2. The van der Waals surface area contributed by atoms with Crippen LogP contribution in [0, 0.1) is 11.6 Å². The summed E-state index contributed by atoms with van der Waals surface area (Å²) in [6, 6.07) is 3.71. The SMILES string of the molecule is CC(C)(C)OC(=O)NCc1cnn(C[C@@H]2CCCN2c2cc(F)cc(F)c2)c1. The molecule has 2 aromatic rings. The summed E-state index contributed by atoms with van der Waals surface area (Å²) in [5, 5.41) is 7.05. The molecule has 1 aromatic carbocycles. The van der Waals surface area contributed by atoms with E-state index in [1.807, 2.05) is 31.9 Å². The summed E-state index contributed by atoms with van der Waals surface area (Å²) in [7, 11) is 0. The van der Waals surface area contributed by atoms with Gasteiger partial charge in [0.2, 0.25) is 0 Å². The topological polar surface area (TPSA) is 59.4 Å². The number of anilines is 1. The first kappa shape index (κ1) is 20.1. The van der Waals surface area contributed by atoms with Crippen molar-refractivity contribution in [3.05, 3.63) is 47.8 Å². The van der Waals surface area contributed by atoms with Crippen LogP contribution in [0.15, 0.2) is 30.6 Å². The van der Waals surface area contributed by atoms with E-state index in [0.717, 1.165) is 31.0 Å². The van der Waals surface area contributed by atoms with E-state index in [9.17, 15) is 13.6 Å². The van der Waals surface area contributed by atoms with Crippen LogP contribution in [0.25, 0.3) is 0 Å². The molecule has 0 saturated carbocycles. The zero-order valence-corrected chi connectivity index (χ0v) is 16.4. The van der Waals surface area contributed by atoms with Gasteiger partial charge in [-0.25, -0.2) is 13.6 Å². The van der Waals surface area contributed by atoms with E-state index in [0.29, 0.717) is 18.8 Å². The molecule has 0 radical (unpaired) electrons. The smallest absolute Gasteiger partial charge is 0.407 e. The van der Waals surface area contributed by atoms with Crippen LogP contribution in [0.5, 0.6) is 0 Å². The first-order valence-corrected chi connectivity index (χ1v) is 9.40. The molecule has 1 aliphatic rings. The molecular formula is C20H26F2N4O2. The second-order valence-corrected chi connectivity index (χ2v) is 8.04. The first-order valence-electron chi connectivity index (χ1n) is 9.40. The third-order valence-corrected chi connectivity index (χ3v) is 4.48. The third kappa shape index (κ3) is 5.43. The molecule has 1 atom stereocenters. The molecule has 0 unspecified atom stereocenters. The molecule has 1 saturated heterocycles. The van der Waals surface area contributed by atoms with Gasteiger partial charge in [-0.1, -0.05) is 0 Å². The number of alkyl carbamates (subject to hydrolysis) is 1. The number of benzene rings is 1. The molecule has 0 aliphatic carbocycles. The number of nitrogens with zero attached hydrogens (tertiary/aromatic N) is 3. The van der Waals surface area contributed by atoms with E-state index in [2.05, 4.69) is 10.4 Å². The van der Waals surface area contributed by atoms with Crippen LogP contribution >= 0.6 is 0 Å². The molecule has 1 aromatic heterocycles. The molecule has 8 heteroatoms. The summed E-state index contributed by atoms with van der Waals surface area (Å²) in [5.41, 5.74) is 0.863. The standard InChI is InChI=1S/C20H26F2N4O2/c1-20(2,3)28-19(27)23-10-14-11-24-25(12-14)13-17-5-4-6-26(17)18-8-15(21)7-16(22)9-18/h7-9,11-12,17H,4-6,10,13H2,1-3H3,(H,23,27)/t17-/m0/s1. The number of hydrogen-bond donors (Lipinski definition) is 1. The van der Waals surface area contributed by atoms with Crippen molar-refractivity contribution in [2.75, 3.05) is 11.4 Å². The lowest BCUT2D eigenvalue weighted by atomic mass is 10.2. The van der Waals surface area contributed by atoms with E-state index in [1.165, 1.54) is 12.1 Å². The van der Waals surface area contributed by atoms with Gasteiger partial charge < -0.3 is 15.0 Å². The van der Waals surface area contributed by atoms with Crippen molar-refractivity contribution in [2.45, 2.75) is 58.3 Å². The molecule has 0 bridgehead atoms. The van der Waals surface area contributed by atoms with Crippen molar-refractivity contribution < 1.29 is 18.3 Å². The van der Waals surface area contributed by atoms with Gasteiger partial charge in [0.05, 0.1) is 12.7 Å². The van der Waals surface area contributed by atoms with Gasteiger partial charge in [0, 0.05) is 42.6 Å². The normalized spacial score (nSPS) is 17.0. The summed E-state index contributed by atoms with van der Waals surface area (Å²) < 4.78 is 34.1. The van der Waals surface area contributed by atoms with Crippen molar-refractivity contribution in [3.8, 4) is 0 Å². The molecule has 152 valence electrons. The van der Waals surface area contributed by atoms with E-state index >= 15 is 0 Å². The fourth-order valence-corrected chi connectivity index (χ4v) is 3.37. The zero-order valence-electron chi connectivity index (χ0n) is 16.4. The maximum absolute atomic E-state index is 13.6. The van der Waals surface area contributed by atoms with E-state index in [4.69, 9.17) is 4.74 Å². The number of nitrogens with one attached hydrogen (secondary N) is 1. The molecular weight excluding hydrogens is 366 g/mol.